The van der Waals surface area contributed by atoms with Crippen molar-refractivity contribution >= 4 is 29.3 Å². The van der Waals surface area contributed by atoms with E-state index in [1.54, 1.807) is 10.9 Å². The lowest BCUT2D eigenvalue weighted by atomic mass is 10.2. The van der Waals surface area contributed by atoms with Crippen LogP contribution in [0, 0.1) is 6.92 Å². The van der Waals surface area contributed by atoms with E-state index in [1.165, 1.54) is 11.8 Å². The number of nitrogens with one attached hydrogen (secondary N) is 1. The van der Waals surface area contributed by atoms with Gasteiger partial charge < -0.3 is 10.1 Å². The Kier molecular flexibility index (Phi) is 6.86. The highest BCUT2D eigenvalue weighted by atomic mass is 32.2. The summed E-state index contributed by atoms with van der Waals surface area (Å²) in [5.74, 6) is -0.157. The van der Waals surface area contributed by atoms with Gasteiger partial charge in [-0.15, -0.1) is 11.8 Å². The van der Waals surface area contributed by atoms with Crippen molar-refractivity contribution in [3.63, 3.8) is 0 Å². The summed E-state index contributed by atoms with van der Waals surface area (Å²) in [7, 11) is 0. The molecule has 1 aromatic heterocycles. The van der Waals surface area contributed by atoms with Gasteiger partial charge in [0.1, 0.15) is 6.61 Å². The Morgan fingerprint density at radius 2 is 1.93 bits per heavy atom. The zero-order valence-electron chi connectivity index (χ0n) is 15.5. The molecule has 3 aromatic rings. The maximum absolute atomic E-state index is 11.9. The first-order chi connectivity index (χ1) is 13.6. The lowest BCUT2D eigenvalue weighted by molar-refractivity contribution is -0.141. The summed E-state index contributed by atoms with van der Waals surface area (Å²) in [6.07, 6.45) is 3.58. The second kappa shape index (κ2) is 9.75. The van der Waals surface area contributed by atoms with Crippen molar-refractivity contribution in [1.82, 2.24) is 9.78 Å². The largest absolute Gasteiger partial charge is 0.460 e. The molecule has 0 aliphatic heterocycles. The van der Waals surface area contributed by atoms with Gasteiger partial charge in [-0.1, -0.05) is 24.3 Å². The van der Waals surface area contributed by atoms with Crippen LogP contribution < -0.4 is 5.32 Å². The molecule has 0 saturated heterocycles. The molecule has 0 saturated carbocycles. The van der Waals surface area contributed by atoms with Gasteiger partial charge in [-0.2, -0.15) is 5.10 Å². The minimum Gasteiger partial charge on any atom is -0.460 e. The van der Waals surface area contributed by atoms with Crippen molar-refractivity contribution in [3.05, 3.63) is 78.1 Å². The fourth-order valence-corrected chi connectivity index (χ4v) is 3.13. The third-order valence-electron chi connectivity index (χ3n) is 3.86. The molecule has 7 heteroatoms. The van der Waals surface area contributed by atoms with Crippen LogP contribution >= 0.6 is 11.8 Å². The minimum absolute atomic E-state index is 0.132. The number of benzene rings is 2. The molecule has 1 heterocycles. The van der Waals surface area contributed by atoms with Gasteiger partial charge in [-0.05, 0) is 48.4 Å². The minimum atomic E-state index is -0.343. The number of esters is 1. The predicted octanol–water partition coefficient (Wildman–Crippen LogP) is 3.60. The van der Waals surface area contributed by atoms with Crippen LogP contribution in [-0.4, -0.2) is 33.2 Å². The molecule has 0 fully saturated rings. The summed E-state index contributed by atoms with van der Waals surface area (Å²) >= 11 is 1.23. The Balaban J connectivity index is 1.36. The predicted molar refractivity (Wildman–Crippen MR) is 110 cm³/mol. The van der Waals surface area contributed by atoms with E-state index in [9.17, 15) is 9.59 Å². The van der Waals surface area contributed by atoms with Crippen molar-refractivity contribution in [2.45, 2.75) is 13.5 Å². The summed E-state index contributed by atoms with van der Waals surface area (Å²) in [4.78, 5) is 23.8. The van der Waals surface area contributed by atoms with E-state index in [-0.39, 0.29) is 30.0 Å². The lowest BCUT2D eigenvalue weighted by Crippen LogP contribution is -2.16. The number of ether oxygens (including phenoxy) is 1. The molecule has 1 amide bonds. The number of carbonyl (C=O) groups is 2. The highest BCUT2D eigenvalue weighted by molar-refractivity contribution is 8.00. The molecular formula is C21H21N3O3S. The van der Waals surface area contributed by atoms with Crippen LogP contribution in [0.4, 0.5) is 5.69 Å². The number of thioether (sulfide) groups is 1. The summed E-state index contributed by atoms with van der Waals surface area (Å²) in [5.41, 5.74) is 3.67. The number of rotatable bonds is 8. The van der Waals surface area contributed by atoms with E-state index in [1.807, 2.05) is 67.7 Å². The first-order valence-electron chi connectivity index (χ1n) is 8.79. The van der Waals surface area contributed by atoms with E-state index in [0.717, 1.165) is 22.5 Å². The van der Waals surface area contributed by atoms with E-state index in [0.29, 0.717) is 0 Å². The van der Waals surface area contributed by atoms with Crippen molar-refractivity contribution < 1.29 is 14.3 Å². The van der Waals surface area contributed by atoms with Crippen molar-refractivity contribution in [2.75, 3.05) is 16.8 Å². The third kappa shape index (κ3) is 5.99. The van der Waals surface area contributed by atoms with Gasteiger partial charge in [0.15, 0.2) is 0 Å². The van der Waals surface area contributed by atoms with E-state index >= 15 is 0 Å². The molecule has 0 unspecified atom stereocenters. The number of aromatic nitrogens is 2. The topological polar surface area (TPSA) is 73.2 Å². The molecule has 0 aliphatic rings. The van der Waals surface area contributed by atoms with Gasteiger partial charge in [-0.25, -0.2) is 4.68 Å². The van der Waals surface area contributed by atoms with Crippen LogP contribution in [0.2, 0.25) is 0 Å². The molecule has 6 nitrogen and oxygen atoms in total. The molecule has 0 radical (unpaired) electrons. The fourth-order valence-electron chi connectivity index (χ4n) is 2.52. The van der Waals surface area contributed by atoms with E-state index in [4.69, 9.17) is 4.74 Å². The van der Waals surface area contributed by atoms with Gasteiger partial charge in [-0.3, -0.25) is 9.59 Å². The smallest absolute Gasteiger partial charge is 0.316 e. The van der Waals surface area contributed by atoms with Crippen LogP contribution in [0.3, 0.4) is 0 Å². The number of amides is 1. The van der Waals surface area contributed by atoms with Gasteiger partial charge >= 0.3 is 5.97 Å². The summed E-state index contributed by atoms with van der Waals surface area (Å²) in [6.45, 7) is 2.17. The molecule has 0 atom stereocenters. The Hall–Kier alpha value is -3.06. The molecule has 2 aromatic carbocycles. The van der Waals surface area contributed by atoms with Gasteiger partial charge in [0.25, 0.3) is 0 Å². The average molecular weight is 395 g/mol. The Labute approximate surface area is 167 Å². The number of anilines is 1. The van der Waals surface area contributed by atoms with Crippen LogP contribution in [-0.2, 0) is 20.9 Å². The number of nitrogens with zero attached hydrogens (tertiary/aromatic N) is 2. The Bertz CT molecular complexity index is 924. The van der Waals surface area contributed by atoms with Crippen LogP contribution in [0.15, 0.2) is 67.0 Å². The second-order valence-electron chi connectivity index (χ2n) is 6.19. The van der Waals surface area contributed by atoms with Gasteiger partial charge in [0.05, 0.1) is 17.2 Å². The zero-order chi connectivity index (χ0) is 19.8. The Morgan fingerprint density at radius 3 is 2.64 bits per heavy atom. The van der Waals surface area contributed by atoms with Crippen molar-refractivity contribution in [1.29, 1.82) is 0 Å². The van der Waals surface area contributed by atoms with Crippen LogP contribution in [0.25, 0.3) is 5.69 Å². The molecule has 1 N–H and O–H groups in total. The maximum Gasteiger partial charge on any atom is 0.316 e. The standard InChI is InChI=1S/C21H21N3O3S/c1-16-4-2-5-18(12-16)23-20(25)14-28-15-21(26)27-13-17-6-8-19(9-7-17)24-11-3-10-22-24/h2-12H,13-15H2,1H3,(H,23,25). The van der Waals surface area contributed by atoms with E-state index < -0.39 is 0 Å². The van der Waals surface area contributed by atoms with Crippen molar-refractivity contribution in [2.24, 2.45) is 0 Å². The second-order valence-corrected chi connectivity index (χ2v) is 7.17. The van der Waals surface area contributed by atoms with E-state index in [2.05, 4.69) is 10.4 Å². The van der Waals surface area contributed by atoms with Gasteiger partial charge in [0.2, 0.25) is 5.91 Å². The molecule has 0 bridgehead atoms. The summed E-state index contributed by atoms with van der Waals surface area (Å²) in [5, 5.41) is 6.98. The number of hydrogen-bond donors (Lipinski definition) is 1. The highest BCUT2D eigenvalue weighted by Crippen LogP contribution is 2.12. The summed E-state index contributed by atoms with van der Waals surface area (Å²) < 4.78 is 7.02. The number of carbonyl (C=O) groups excluding carboxylic acids is 2. The first kappa shape index (κ1) is 19.7. The molecule has 144 valence electrons. The Morgan fingerprint density at radius 1 is 1.11 bits per heavy atom. The quantitative estimate of drug-likeness (QED) is 0.590. The van der Waals surface area contributed by atoms with Crippen LogP contribution in [0.5, 0.6) is 0 Å². The lowest BCUT2D eigenvalue weighted by Gasteiger charge is -2.07. The van der Waals surface area contributed by atoms with Gasteiger partial charge in [0, 0.05) is 18.1 Å². The normalized spacial score (nSPS) is 10.5. The summed E-state index contributed by atoms with van der Waals surface area (Å²) in [6, 6.07) is 17.1. The third-order valence-corrected chi connectivity index (χ3v) is 4.77. The molecule has 28 heavy (non-hydrogen) atoms. The number of hydrogen-bond acceptors (Lipinski definition) is 5. The average Bonchev–Trinajstić information content (AvgIpc) is 3.21. The SMILES string of the molecule is Cc1cccc(NC(=O)CSCC(=O)OCc2ccc(-n3cccn3)cc2)c1. The fraction of sp³-hybridized carbons (Fsp3) is 0.190. The molecular weight excluding hydrogens is 374 g/mol. The van der Waals surface area contributed by atoms with Crippen molar-refractivity contribution in [3.8, 4) is 5.69 Å². The maximum atomic E-state index is 11.9. The monoisotopic (exact) mass is 395 g/mol. The molecule has 0 spiro atoms. The number of aryl methyl sites for hydroxylation is 1. The zero-order valence-corrected chi connectivity index (χ0v) is 16.3. The first-order valence-corrected chi connectivity index (χ1v) is 9.94. The van der Waals surface area contributed by atoms with Crippen LogP contribution in [0.1, 0.15) is 11.1 Å². The molecule has 3 rings (SSSR count). The molecule has 0 aliphatic carbocycles. The highest BCUT2D eigenvalue weighted by Gasteiger charge is 2.08.